The highest BCUT2D eigenvalue weighted by molar-refractivity contribution is 5.83. The Morgan fingerprint density at radius 3 is 2.53 bits per heavy atom. The predicted octanol–water partition coefficient (Wildman–Crippen LogP) is 2.17. The van der Waals surface area contributed by atoms with E-state index in [-0.39, 0.29) is 12.6 Å². The highest BCUT2D eigenvalue weighted by atomic mass is 16.6. The van der Waals surface area contributed by atoms with Crippen LogP contribution in [0.2, 0.25) is 0 Å². The van der Waals surface area contributed by atoms with Crippen molar-refractivity contribution >= 4 is 17.0 Å². The number of aromatic nitrogens is 4. The molecule has 1 aliphatic carbocycles. The van der Waals surface area contributed by atoms with Crippen LogP contribution in [-0.4, -0.2) is 59.8 Å². The van der Waals surface area contributed by atoms with E-state index < -0.39 is 24.5 Å². The first-order valence-electron chi connectivity index (χ1n) is 11.3. The van der Waals surface area contributed by atoms with Crippen molar-refractivity contribution in [2.24, 2.45) is 5.92 Å². The smallest absolute Gasteiger partial charge is 0.167 e. The molecule has 0 spiro atoms. The van der Waals surface area contributed by atoms with Gasteiger partial charge in [0, 0.05) is 0 Å². The first-order chi connectivity index (χ1) is 15.7. The summed E-state index contributed by atoms with van der Waals surface area (Å²) in [5, 5.41) is 33.6. The Kier molecular flexibility index (Phi) is 6.05. The maximum Gasteiger partial charge on any atom is 0.167 e. The van der Waals surface area contributed by atoms with Crippen molar-refractivity contribution in [1.82, 2.24) is 19.5 Å². The Morgan fingerprint density at radius 2 is 1.81 bits per heavy atom. The van der Waals surface area contributed by atoms with E-state index in [2.05, 4.69) is 44.5 Å². The van der Waals surface area contributed by atoms with Crippen LogP contribution in [0.5, 0.6) is 0 Å². The third kappa shape index (κ3) is 3.86. The summed E-state index contributed by atoms with van der Waals surface area (Å²) in [5.41, 5.74) is 2.28. The van der Waals surface area contributed by atoms with Gasteiger partial charge in [-0.15, -0.1) is 0 Å². The summed E-state index contributed by atoms with van der Waals surface area (Å²) in [5.74, 6) is 1.12. The topological polar surface area (TPSA) is 126 Å². The lowest BCUT2D eigenvalue weighted by molar-refractivity contribution is -0.0511. The minimum atomic E-state index is -1.20. The van der Waals surface area contributed by atoms with E-state index in [4.69, 9.17) is 4.74 Å². The van der Waals surface area contributed by atoms with Crippen molar-refractivity contribution in [3.8, 4) is 0 Å². The summed E-state index contributed by atoms with van der Waals surface area (Å²) >= 11 is 0. The second-order valence-corrected chi connectivity index (χ2v) is 8.71. The van der Waals surface area contributed by atoms with E-state index in [1.54, 1.807) is 4.57 Å². The lowest BCUT2D eigenvalue weighted by atomic mass is 9.81. The molecule has 32 heavy (non-hydrogen) atoms. The van der Waals surface area contributed by atoms with Crippen molar-refractivity contribution in [2.45, 2.75) is 62.7 Å². The first-order valence-corrected chi connectivity index (χ1v) is 11.3. The summed E-state index contributed by atoms with van der Waals surface area (Å²) in [4.78, 5) is 13.4. The normalized spacial score (nSPS) is 27.6. The van der Waals surface area contributed by atoms with Gasteiger partial charge in [-0.1, -0.05) is 49.6 Å². The third-order valence-electron chi connectivity index (χ3n) is 6.72. The number of nitrogens with one attached hydrogen (secondary N) is 1. The van der Waals surface area contributed by atoms with Gasteiger partial charge in [0.05, 0.1) is 19.0 Å². The molecule has 3 aromatic rings. The number of anilines is 1. The van der Waals surface area contributed by atoms with Gasteiger partial charge in [0.15, 0.2) is 23.2 Å². The molecule has 5 rings (SSSR count). The standard InChI is InChI=1S/C23H29N5O4/c29-11-16-19(30)20(31)23(32-16)28-13-26-18-21(24-12-25-22(18)28)27-17(14-7-3-1-4-8-14)15-9-5-2-6-10-15/h1,3-4,7-8,12-13,15-17,19-20,23,29-31H,2,5-6,9-11H2,(H,24,25,27)/t16-,17?,19-,20-,23-/m1/s1. The summed E-state index contributed by atoms with van der Waals surface area (Å²) in [6, 6.07) is 10.5. The lowest BCUT2D eigenvalue weighted by Crippen LogP contribution is -2.33. The molecule has 3 heterocycles. The zero-order valence-corrected chi connectivity index (χ0v) is 17.8. The molecule has 1 unspecified atom stereocenters. The highest BCUT2D eigenvalue weighted by Crippen LogP contribution is 2.38. The van der Waals surface area contributed by atoms with E-state index in [0.717, 1.165) is 12.8 Å². The molecular weight excluding hydrogens is 410 g/mol. The van der Waals surface area contributed by atoms with Crippen molar-refractivity contribution in [1.29, 1.82) is 0 Å². The number of aliphatic hydroxyl groups is 3. The van der Waals surface area contributed by atoms with E-state index >= 15 is 0 Å². The Labute approximate surface area is 186 Å². The first kappa shape index (κ1) is 21.3. The number of aliphatic hydroxyl groups excluding tert-OH is 3. The monoisotopic (exact) mass is 439 g/mol. The molecular formula is C23H29N5O4. The fourth-order valence-corrected chi connectivity index (χ4v) is 5.00. The van der Waals surface area contributed by atoms with Crippen molar-refractivity contribution in [3.05, 3.63) is 48.5 Å². The zero-order valence-electron chi connectivity index (χ0n) is 17.8. The summed E-state index contributed by atoms with van der Waals surface area (Å²) in [6.45, 7) is -0.386. The zero-order chi connectivity index (χ0) is 22.1. The molecule has 0 radical (unpaired) electrons. The molecule has 2 aromatic heterocycles. The number of rotatable bonds is 6. The van der Waals surface area contributed by atoms with Crippen molar-refractivity contribution in [3.63, 3.8) is 0 Å². The van der Waals surface area contributed by atoms with Gasteiger partial charge in [0.1, 0.15) is 24.6 Å². The fourth-order valence-electron chi connectivity index (χ4n) is 5.00. The second kappa shape index (κ2) is 9.11. The van der Waals surface area contributed by atoms with Gasteiger partial charge in [0.25, 0.3) is 0 Å². The molecule has 0 amide bonds. The quantitative estimate of drug-likeness (QED) is 0.460. The number of fused-ring (bicyclic) bond motifs is 1. The highest BCUT2D eigenvalue weighted by Gasteiger charge is 2.44. The number of hydrogen-bond donors (Lipinski definition) is 4. The Morgan fingerprint density at radius 1 is 1.03 bits per heavy atom. The Balaban J connectivity index is 1.48. The molecule has 1 saturated heterocycles. The van der Waals surface area contributed by atoms with E-state index in [0.29, 0.717) is 22.9 Å². The van der Waals surface area contributed by atoms with Crippen LogP contribution in [-0.2, 0) is 4.74 Å². The van der Waals surface area contributed by atoms with Crippen molar-refractivity contribution in [2.75, 3.05) is 11.9 Å². The summed E-state index contributed by atoms with van der Waals surface area (Å²) < 4.78 is 7.25. The van der Waals surface area contributed by atoms with Gasteiger partial charge in [-0.05, 0) is 24.3 Å². The Bertz CT molecular complexity index is 1040. The molecule has 1 aliphatic heterocycles. The van der Waals surface area contributed by atoms with Crippen LogP contribution < -0.4 is 5.32 Å². The lowest BCUT2D eigenvalue weighted by Gasteiger charge is -2.31. The number of benzene rings is 1. The van der Waals surface area contributed by atoms with Crippen LogP contribution in [0.15, 0.2) is 43.0 Å². The van der Waals surface area contributed by atoms with Crippen LogP contribution in [0, 0.1) is 5.92 Å². The van der Waals surface area contributed by atoms with Crippen molar-refractivity contribution < 1.29 is 20.1 Å². The average Bonchev–Trinajstić information content (AvgIpc) is 3.40. The van der Waals surface area contributed by atoms with Crippen LogP contribution in [0.25, 0.3) is 11.2 Å². The fraction of sp³-hybridized carbons (Fsp3) is 0.522. The largest absolute Gasteiger partial charge is 0.394 e. The van der Waals surface area contributed by atoms with E-state index in [9.17, 15) is 15.3 Å². The summed E-state index contributed by atoms with van der Waals surface area (Å²) in [7, 11) is 0. The minimum absolute atomic E-state index is 0.105. The Hall–Kier alpha value is -2.59. The molecule has 2 fully saturated rings. The predicted molar refractivity (Wildman–Crippen MR) is 118 cm³/mol. The second-order valence-electron chi connectivity index (χ2n) is 8.71. The third-order valence-corrected chi connectivity index (χ3v) is 6.72. The number of ether oxygens (including phenoxy) is 1. The molecule has 1 saturated carbocycles. The van der Waals surface area contributed by atoms with E-state index in [1.165, 1.54) is 37.5 Å². The number of nitrogens with zero attached hydrogens (tertiary/aromatic N) is 4. The van der Waals surface area contributed by atoms with Crippen LogP contribution in [0.1, 0.15) is 49.9 Å². The number of hydrogen-bond acceptors (Lipinski definition) is 8. The average molecular weight is 440 g/mol. The maximum atomic E-state index is 10.4. The van der Waals surface area contributed by atoms with Gasteiger partial charge >= 0.3 is 0 Å². The molecule has 4 N–H and O–H groups in total. The van der Waals surface area contributed by atoms with Gasteiger partial charge in [-0.25, -0.2) is 15.0 Å². The van der Waals surface area contributed by atoms with Crippen LogP contribution >= 0.6 is 0 Å². The van der Waals surface area contributed by atoms with Crippen LogP contribution in [0.4, 0.5) is 5.82 Å². The van der Waals surface area contributed by atoms with E-state index in [1.807, 2.05) is 6.07 Å². The molecule has 5 atom stereocenters. The van der Waals surface area contributed by atoms with Gasteiger partial charge in [-0.3, -0.25) is 4.57 Å². The maximum absolute atomic E-state index is 10.4. The molecule has 0 bridgehead atoms. The van der Waals surface area contributed by atoms with Gasteiger partial charge in [0.2, 0.25) is 0 Å². The van der Waals surface area contributed by atoms with Crippen LogP contribution in [0.3, 0.4) is 0 Å². The molecule has 1 aromatic carbocycles. The van der Waals surface area contributed by atoms with Gasteiger partial charge < -0.3 is 25.4 Å². The molecule has 170 valence electrons. The SMILES string of the molecule is OC[C@H]1O[C@@H](n2cnc3c(NC(c4ccccc4)C4CCCCC4)ncnc32)[C@H](O)[C@@H]1O. The molecule has 9 nitrogen and oxygen atoms in total. The molecule has 9 heteroatoms. The minimum Gasteiger partial charge on any atom is -0.394 e. The van der Waals surface area contributed by atoms with Gasteiger partial charge in [-0.2, -0.15) is 0 Å². The number of imidazole rings is 1. The summed E-state index contributed by atoms with van der Waals surface area (Å²) in [6.07, 6.45) is 4.93. The molecule has 2 aliphatic rings.